The monoisotopic (exact) mass is 633 g/mol. The number of nitrogens with zero attached hydrogens (tertiary/aromatic N) is 1. The van der Waals surface area contributed by atoms with Crippen LogP contribution >= 0.6 is 0 Å². The normalized spacial score (nSPS) is 15.2. The average molecular weight is 634 g/mol. The lowest BCUT2D eigenvalue weighted by Crippen LogP contribution is -2.39. The van der Waals surface area contributed by atoms with Gasteiger partial charge in [0.15, 0.2) is 0 Å². The molecular formula is C41H47NO5. The number of benzene rings is 3. The zero-order valence-corrected chi connectivity index (χ0v) is 28.2. The van der Waals surface area contributed by atoms with Crippen molar-refractivity contribution < 1.29 is 23.9 Å². The van der Waals surface area contributed by atoms with Crippen LogP contribution in [0.25, 0.3) is 0 Å². The second-order valence-electron chi connectivity index (χ2n) is 12.9. The van der Waals surface area contributed by atoms with E-state index < -0.39 is 11.0 Å². The van der Waals surface area contributed by atoms with Gasteiger partial charge in [0.2, 0.25) is 0 Å². The van der Waals surface area contributed by atoms with Crippen LogP contribution in [0.2, 0.25) is 0 Å². The maximum absolute atomic E-state index is 14.1. The summed E-state index contributed by atoms with van der Waals surface area (Å²) in [6, 6.07) is 25.1. The summed E-state index contributed by atoms with van der Waals surface area (Å²) in [7, 11) is 0. The van der Waals surface area contributed by atoms with Crippen LogP contribution in [-0.4, -0.2) is 29.9 Å². The fourth-order valence-electron chi connectivity index (χ4n) is 5.71. The van der Waals surface area contributed by atoms with E-state index in [9.17, 15) is 9.59 Å². The number of hydrogen-bond donors (Lipinski definition) is 0. The number of oxime groups is 1. The van der Waals surface area contributed by atoms with E-state index in [1.165, 1.54) is 0 Å². The summed E-state index contributed by atoms with van der Waals surface area (Å²) >= 11 is 0. The molecular weight excluding hydrogens is 586 g/mol. The van der Waals surface area contributed by atoms with E-state index >= 15 is 0 Å². The van der Waals surface area contributed by atoms with Crippen LogP contribution in [0.1, 0.15) is 92.4 Å². The Morgan fingerprint density at radius 1 is 0.872 bits per heavy atom. The van der Waals surface area contributed by atoms with Crippen LogP contribution in [-0.2, 0) is 37.5 Å². The fourth-order valence-corrected chi connectivity index (χ4v) is 5.71. The minimum atomic E-state index is -0.577. The number of esters is 1. The van der Waals surface area contributed by atoms with E-state index in [0.29, 0.717) is 24.5 Å². The molecule has 0 bridgehead atoms. The van der Waals surface area contributed by atoms with Crippen molar-refractivity contribution in [2.75, 3.05) is 6.61 Å². The zero-order valence-electron chi connectivity index (χ0n) is 28.2. The first-order valence-electron chi connectivity index (χ1n) is 16.4. The maximum atomic E-state index is 14.1. The average Bonchev–Trinajstić information content (AvgIpc) is 3.08. The Labute approximate surface area is 279 Å². The molecule has 4 rings (SSSR count). The van der Waals surface area contributed by atoms with Gasteiger partial charge in [-0.2, -0.15) is 0 Å². The molecule has 1 aliphatic carbocycles. The number of carbonyl (C=O) groups is 2. The first-order valence-corrected chi connectivity index (χ1v) is 16.4. The van der Waals surface area contributed by atoms with Gasteiger partial charge in [0.1, 0.15) is 24.6 Å². The standard InChI is InChI=1S/C41H47NO5/c1-6-8-15-31(7-2)30-46-42-38(45-29-33-16-11-9-12-17-33)34-20-18-32(19-21-34)28-37(43)41(26-13-10-14-27-41)36-24-22-35(23-25-36)39(44)47-40(3,4)5/h6-9,11-12,15-25H,2,10,13-14,26-30H2,1,3-5H3/b8-6-,31-15+,42-38-. The Hall–Kier alpha value is -4.71. The quantitative estimate of drug-likeness (QED) is 0.0617. The van der Waals surface area contributed by atoms with Gasteiger partial charge >= 0.3 is 5.97 Å². The third-order valence-electron chi connectivity index (χ3n) is 8.24. The van der Waals surface area contributed by atoms with Crippen molar-refractivity contribution in [3.63, 3.8) is 0 Å². The van der Waals surface area contributed by atoms with Gasteiger partial charge in [-0.3, -0.25) is 4.79 Å². The number of rotatable bonds is 13. The predicted molar refractivity (Wildman–Crippen MR) is 188 cm³/mol. The van der Waals surface area contributed by atoms with Crippen LogP contribution < -0.4 is 0 Å². The highest BCUT2D eigenvalue weighted by molar-refractivity contribution is 5.95. The van der Waals surface area contributed by atoms with Crippen LogP contribution in [0.5, 0.6) is 0 Å². The van der Waals surface area contributed by atoms with Crippen LogP contribution in [0.15, 0.2) is 120 Å². The molecule has 0 saturated heterocycles. The molecule has 0 amide bonds. The van der Waals surface area contributed by atoms with E-state index in [2.05, 4.69) is 11.7 Å². The topological polar surface area (TPSA) is 74.2 Å². The summed E-state index contributed by atoms with van der Waals surface area (Å²) in [5.41, 5.74) is 3.88. The van der Waals surface area contributed by atoms with E-state index in [0.717, 1.165) is 59.9 Å². The summed E-state index contributed by atoms with van der Waals surface area (Å²) in [4.78, 5) is 32.4. The number of Topliss-reactive ketones (excluding diaryl/α,β-unsaturated/α-hetero) is 1. The molecule has 1 saturated carbocycles. The molecule has 6 nitrogen and oxygen atoms in total. The van der Waals surface area contributed by atoms with Crippen molar-refractivity contribution in [3.8, 4) is 0 Å². The number of carbonyl (C=O) groups excluding carboxylic acids is 2. The number of ketones is 1. The molecule has 47 heavy (non-hydrogen) atoms. The summed E-state index contributed by atoms with van der Waals surface area (Å²) in [6.07, 6.45) is 12.5. The highest BCUT2D eigenvalue weighted by Gasteiger charge is 2.40. The lowest BCUT2D eigenvalue weighted by molar-refractivity contribution is -0.125. The smallest absolute Gasteiger partial charge is 0.338 e. The van der Waals surface area contributed by atoms with Crippen molar-refractivity contribution in [1.29, 1.82) is 0 Å². The third kappa shape index (κ3) is 10.1. The minimum Gasteiger partial charge on any atom is -0.470 e. The van der Waals surface area contributed by atoms with Crippen molar-refractivity contribution in [2.45, 2.75) is 83.8 Å². The first-order chi connectivity index (χ1) is 22.6. The highest BCUT2D eigenvalue weighted by Crippen LogP contribution is 2.41. The van der Waals surface area contributed by atoms with Crippen molar-refractivity contribution in [1.82, 2.24) is 0 Å². The molecule has 3 aromatic carbocycles. The molecule has 3 aromatic rings. The zero-order chi connectivity index (χ0) is 33.7. The Morgan fingerprint density at radius 2 is 1.53 bits per heavy atom. The van der Waals surface area contributed by atoms with Crippen LogP contribution in [0.4, 0.5) is 0 Å². The fraction of sp³-hybridized carbons (Fsp3) is 0.341. The molecule has 0 aliphatic heterocycles. The van der Waals surface area contributed by atoms with E-state index in [4.69, 9.17) is 14.3 Å². The molecule has 0 spiro atoms. The molecule has 0 unspecified atom stereocenters. The van der Waals surface area contributed by atoms with Crippen molar-refractivity contribution in [2.24, 2.45) is 5.16 Å². The minimum absolute atomic E-state index is 0.192. The van der Waals surface area contributed by atoms with Gasteiger partial charge in [-0.15, -0.1) is 0 Å². The van der Waals surface area contributed by atoms with Gasteiger partial charge in [-0.25, -0.2) is 4.79 Å². The summed E-state index contributed by atoms with van der Waals surface area (Å²) in [5, 5.41) is 4.34. The summed E-state index contributed by atoms with van der Waals surface area (Å²) in [5.74, 6) is 0.188. The van der Waals surface area contributed by atoms with Crippen molar-refractivity contribution in [3.05, 3.63) is 143 Å². The van der Waals surface area contributed by atoms with Gasteiger partial charge in [-0.05, 0) is 92.2 Å². The SMILES string of the molecule is C=C/C(=C\C=C/C)CO/N=C(\OCc1ccccc1)c1ccc(CC(=O)C2(c3ccc(C(=O)OC(C)(C)C)cc3)CCCCC2)cc1. The Bertz CT molecular complexity index is 1570. The Kier molecular flexibility index (Phi) is 12.5. The highest BCUT2D eigenvalue weighted by atomic mass is 16.6. The summed E-state index contributed by atoms with van der Waals surface area (Å²) < 4.78 is 11.7. The largest absolute Gasteiger partial charge is 0.470 e. The third-order valence-corrected chi connectivity index (χ3v) is 8.24. The molecule has 0 N–H and O–H groups in total. The van der Waals surface area contributed by atoms with Crippen LogP contribution in [0.3, 0.4) is 0 Å². The number of hydrogen-bond acceptors (Lipinski definition) is 6. The number of ether oxygens (including phenoxy) is 2. The molecule has 246 valence electrons. The molecule has 0 atom stereocenters. The van der Waals surface area contributed by atoms with Gasteiger partial charge in [0.05, 0.1) is 11.0 Å². The van der Waals surface area contributed by atoms with Gasteiger partial charge in [0, 0.05) is 12.0 Å². The second kappa shape index (κ2) is 16.7. The molecule has 0 heterocycles. The first kappa shape index (κ1) is 35.1. The molecule has 6 heteroatoms. The predicted octanol–water partition coefficient (Wildman–Crippen LogP) is 9.24. The van der Waals surface area contributed by atoms with Crippen molar-refractivity contribution >= 4 is 17.7 Å². The van der Waals surface area contributed by atoms with Gasteiger partial charge in [-0.1, -0.05) is 105 Å². The molecule has 1 aliphatic rings. The lowest BCUT2D eigenvalue weighted by atomic mass is 9.65. The van der Waals surface area contributed by atoms with Gasteiger partial charge in [0.25, 0.3) is 5.90 Å². The lowest BCUT2D eigenvalue weighted by Gasteiger charge is -2.36. The summed E-state index contributed by atoms with van der Waals surface area (Å²) in [6.45, 7) is 11.9. The molecule has 0 radical (unpaired) electrons. The Balaban J connectivity index is 1.51. The van der Waals surface area contributed by atoms with E-state index in [1.807, 2.05) is 113 Å². The van der Waals surface area contributed by atoms with Gasteiger partial charge < -0.3 is 14.3 Å². The van der Waals surface area contributed by atoms with Crippen LogP contribution in [0, 0.1) is 0 Å². The number of allylic oxidation sites excluding steroid dienone is 3. The maximum Gasteiger partial charge on any atom is 0.338 e. The molecule has 0 aromatic heterocycles. The molecule has 1 fully saturated rings. The van der Waals surface area contributed by atoms with E-state index in [1.54, 1.807) is 18.2 Å². The van der Waals surface area contributed by atoms with E-state index in [-0.39, 0.29) is 18.4 Å². The Morgan fingerprint density at radius 3 is 2.15 bits per heavy atom. The second-order valence-corrected chi connectivity index (χ2v) is 12.9.